The number of nitrogens with one attached hydrogen (secondary N) is 1. The summed E-state index contributed by atoms with van der Waals surface area (Å²) < 4.78 is 5.56. The van der Waals surface area contributed by atoms with Crippen molar-refractivity contribution in [2.24, 2.45) is 5.73 Å². The third-order valence-corrected chi connectivity index (χ3v) is 5.01. The van der Waals surface area contributed by atoms with Crippen molar-refractivity contribution < 1.29 is 14.3 Å². The maximum absolute atomic E-state index is 12.3. The summed E-state index contributed by atoms with van der Waals surface area (Å²) in [6, 6.07) is 11.5. The lowest BCUT2D eigenvalue weighted by Gasteiger charge is -2.20. The molecular formula is C22H26N2O3. The molecule has 1 aliphatic carbocycles. The molecule has 0 saturated carbocycles. The highest BCUT2D eigenvalue weighted by Gasteiger charge is 2.16. The van der Waals surface area contributed by atoms with Gasteiger partial charge in [0.1, 0.15) is 5.75 Å². The van der Waals surface area contributed by atoms with Gasteiger partial charge < -0.3 is 15.8 Å². The molecular weight excluding hydrogens is 340 g/mol. The molecule has 142 valence electrons. The topological polar surface area (TPSA) is 81.4 Å². The monoisotopic (exact) mass is 366 g/mol. The van der Waals surface area contributed by atoms with Crippen LogP contribution >= 0.6 is 0 Å². The number of primary amides is 1. The number of fused-ring (bicyclic) bond motifs is 1. The molecule has 1 atom stereocenters. The summed E-state index contributed by atoms with van der Waals surface area (Å²) in [5.41, 5.74) is 10.5. The zero-order valence-corrected chi connectivity index (χ0v) is 15.9. The average Bonchev–Trinajstić information content (AvgIpc) is 2.65. The maximum Gasteiger partial charge on any atom is 0.258 e. The van der Waals surface area contributed by atoms with Crippen LogP contribution in [0.15, 0.2) is 36.4 Å². The van der Waals surface area contributed by atoms with Gasteiger partial charge in [-0.05, 0) is 73.9 Å². The molecule has 0 aromatic heterocycles. The van der Waals surface area contributed by atoms with Crippen molar-refractivity contribution in [2.75, 3.05) is 6.61 Å². The van der Waals surface area contributed by atoms with E-state index < -0.39 is 5.91 Å². The van der Waals surface area contributed by atoms with Crippen LogP contribution in [0.4, 0.5) is 0 Å². The molecule has 3 rings (SSSR count). The summed E-state index contributed by atoms with van der Waals surface area (Å²) in [7, 11) is 0. The molecule has 0 fully saturated rings. The molecule has 27 heavy (non-hydrogen) atoms. The highest BCUT2D eigenvalue weighted by atomic mass is 16.5. The fourth-order valence-electron chi connectivity index (χ4n) is 3.49. The van der Waals surface area contributed by atoms with E-state index in [4.69, 9.17) is 10.5 Å². The number of ether oxygens (including phenoxy) is 1. The molecule has 0 radical (unpaired) electrons. The Kier molecular flexibility index (Phi) is 5.79. The van der Waals surface area contributed by atoms with Gasteiger partial charge in [-0.3, -0.25) is 9.59 Å². The predicted molar refractivity (Wildman–Crippen MR) is 105 cm³/mol. The van der Waals surface area contributed by atoms with Crippen molar-refractivity contribution in [3.8, 4) is 5.75 Å². The minimum atomic E-state index is -0.576. The van der Waals surface area contributed by atoms with Crippen LogP contribution in [0.2, 0.25) is 0 Å². The highest BCUT2D eigenvalue weighted by Crippen LogP contribution is 2.25. The molecule has 2 aromatic rings. The number of rotatable bonds is 6. The van der Waals surface area contributed by atoms with E-state index in [1.54, 1.807) is 18.2 Å². The summed E-state index contributed by atoms with van der Waals surface area (Å²) in [5.74, 6) is -0.482. The van der Waals surface area contributed by atoms with Gasteiger partial charge in [-0.25, -0.2) is 0 Å². The van der Waals surface area contributed by atoms with Gasteiger partial charge in [-0.15, -0.1) is 0 Å². The van der Waals surface area contributed by atoms with Crippen LogP contribution in [0.25, 0.3) is 0 Å². The smallest absolute Gasteiger partial charge is 0.258 e. The summed E-state index contributed by atoms with van der Waals surface area (Å²) in [6.45, 7) is 3.68. The van der Waals surface area contributed by atoms with Gasteiger partial charge in [0.2, 0.25) is 0 Å². The number of amides is 2. The number of hydrogen-bond acceptors (Lipinski definition) is 3. The Bertz CT molecular complexity index is 861. The zero-order valence-electron chi connectivity index (χ0n) is 15.9. The molecule has 0 spiro atoms. The molecule has 0 saturated heterocycles. The van der Waals surface area contributed by atoms with Crippen LogP contribution < -0.4 is 15.8 Å². The quantitative estimate of drug-likeness (QED) is 0.823. The van der Waals surface area contributed by atoms with Crippen LogP contribution in [-0.2, 0) is 17.6 Å². The van der Waals surface area contributed by atoms with Gasteiger partial charge >= 0.3 is 0 Å². The van der Waals surface area contributed by atoms with Gasteiger partial charge in [0.15, 0.2) is 6.61 Å². The molecule has 0 bridgehead atoms. The number of hydrogen-bond donors (Lipinski definition) is 2. The van der Waals surface area contributed by atoms with Gasteiger partial charge in [0, 0.05) is 0 Å². The number of carbonyl (C=O) groups excluding carboxylic acids is 2. The zero-order chi connectivity index (χ0) is 19.4. The summed E-state index contributed by atoms with van der Waals surface area (Å²) in [4.78, 5) is 23.8. The van der Waals surface area contributed by atoms with Crippen LogP contribution in [0.3, 0.4) is 0 Å². The second-order valence-electron chi connectivity index (χ2n) is 7.18. The normalized spacial score (nSPS) is 14.1. The largest absolute Gasteiger partial charge is 0.483 e. The van der Waals surface area contributed by atoms with E-state index in [1.165, 1.54) is 24.0 Å². The first kappa shape index (κ1) is 19.0. The maximum atomic E-state index is 12.3. The Morgan fingerprint density at radius 1 is 1.11 bits per heavy atom. The fourth-order valence-corrected chi connectivity index (χ4v) is 3.49. The molecule has 1 aliphatic rings. The number of benzene rings is 2. The number of aryl methyl sites for hydroxylation is 3. The Balaban J connectivity index is 1.61. The van der Waals surface area contributed by atoms with E-state index in [9.17, 15) is 9.59 Å². The highest BCUT2D eigenvalue weighted by molar-refractivity contribution is 5.95. The lowest BCUT2D eigenvalue weighted by atomic mass is 9.89. The van der Waals surface area contributed by atoms with E-state index in [0.717, 1.165) is 24.0 Å². The van der Waals surface area contributed by atoms with Crippen molar-refractivity contribution in [2.45, 2.75) is 45.6 Å². The fraction of sp³-hybridized carbons (Fsp3) is 0.364. The van der Waals surface area contributed by atoms with Gasteiger partial charge in [-0.1, -0.05) is 24.3 Å². The SMILES string of the molecule is Cc1ccc(C(N)=O)c(OCC(=O)NC(C)c2ccc3c(c2)CCCC3)c1. The number of nitrogens with two attached hydrogens (primary N) is 1. The lowest BCUT2D eigenvalue weighted by molar-refractivity contribution is -0.123. The predicted octanol–water partition coefficient (Wildman–Crippen LogP) is 3.23. The Morgan fingerprint density at radius 3 is 2.59 bits per heavy atom. The second kappa shape index (κ2) is 8.25. The minimum absolute atomic E-state index is 0.110. The number of carbonyl (C=O) groups is 2. The first-order valence-corrected chi connectivity index (χ1v) is 9.38. The Morgan fingerprint density at radius 2 is 1.85 bits per heavy atom. The second-order valence-corrected chi connectivity index (χ2v) is 7.18. The molecule has 1 unspecified atom stereocenters. The molecule has 5 nitrogen and oxygen atoms in total. The molecule has 0 aliphatic heterocycles. The first-order chi connectivity index (χ1) is 12.9. The van der Waals surface area contributed by atoms with Crippen molar-refractivity contribution in [1.29, 1.82) is 0 Å². The van der Waals surface area contributed by atoms with Crippen LogP contribution in [0.5, 0.6) is 5.75 Å². The molecule has 5 heteroatoms. The van der Waals surface area contributed by atoms with E-state index in [-0.39, 0.29) is 24.1 Å². The summed E-state index contributed by atoms with van der Waals surface area (Å²) in [6.07, 6.45) is 4.73. The third-order valence-electron chi connectivity index (χ3n) is 5.01. The van der Waals surface area contributed by atoms with E-state index in [0.29, 0.717) is 5.75 Å². The van der Waals surface area contributed by atoms with Crippen molar-refractivity contribution >= 4 is 11.8 Å². The minimum Gasteiger partial charge on any atom is -0.483 e. The Hall–Kier alpha value is -2.82. The summed E-state index contributed by atoms with van der Waals surface area (Å²) >= 11 is 0. The van der Waals surface area contributed by atoms with Gasteiger partial charge in [0.05, 0.1) is 11.6 Å². The van der Waals surface area contributed by atoms with E-state index in [1.807, 2.05) is 13.8 Å². The molecule has 2 aromatic carbocycles. The Labute approximate surface area is 159 Å². The van der Waals surface area contributed by atoms with E-state index >= 15 is 0 Å². The van der Waals surface area contributed by atoms with Crippen LogP contribution in [0, 0.1) is 6.92 Å². The van der Waals surface area contributed by atoms with Gasteiger partial charge in [-0.2, -0.15) is 0 Å². The molecule has 0 heterocycles. The van der Waals surface area contributed by atoms with Crippen molar-refractivity contribution in [1.82, 2.24) is 5.32 Å². The van der Waals surface area contributed by atoms with Crippen molar-refractivity contribution in [3.63, 3.8) is 0 Å². The molecule has 3 N–H and O–H groups in total. The molecule has 2 amide bonds. The van der Waals surface area contributed by atoms with Crippen LogP contribution in [0.1, 0.15) is 58.4 Å². The van der Waals surface area contributed by atoms with Crippen molar-refractivity contribution in [3.05, 3.63) is 64.2 Å². The lowest BCUT2D eigenvalue weighted by Crippen LogP contribution is -2.31. The average molecular weight is 366 g/mol. The standard InChI is InChI=1S/C22H26N2O3/c1-14-7-10-19(22(23)26)20(11-14)27-13-21(25)24-15(2)17-9-8-16-5-3-4-6-18(16)12-17/h7-12,15H,3-6,13H2,1-2H3,(H2,23,26)(H,24,25). The van der Waals surface area contributed by atoms with E-state index in [2.05, 4.69) is 23.5 Å². The third kappa shape index (κ3) is 4.67. The summed E-state index contributed by atoms with van der Waals surface area (Å²) in [5, 5.41) is 2.96. The first-order valence-electron chi connectivity index (χ1n) is 9.38. The van der Waals surface area contributed by atoms with Gasteiger partial charge in [0.25, 0.3) is 11.8 Å². The van der Waals surface area contributed by atoms with Crippen LogP contribution in [-0.4, -0.2) is 18.4 Å².